The Kier molecular flexibility index (Phi) is 7.61. The van der Waals surface area contributed by atoms with Crippen LogP contribution in [-0.4, -0.2) is 43.9 Å². The van der Waals surface area contributed by atoms with Crippen molar-refractivity contribution in [2.75, 3.05) is 27.2 Å². The lowest BCUT2D eigenvalue weighted by molar-refractivity contribution is -0.134. The maximum absolute atomic E-state index is 12.2. The second kappa shape index (κ2) is 8.99. The number of hydrogen-bond acceptors (Lipinski definition) is 3. The summed E-state index contributed by atoms with van der Waals surface area (Å²) < 4.78 is 0. The third-order valence-electron chi connectivity index (χ3n) is 4.36. The van der Waals surface area contributed by atoms with Gasteiger partial charge in [0.15, 0.2) is 0 Å². The SMILES string of the molecule is CNC(=O)CN(C)C(=O)CN[C@@H](c1ccc(C(C)(C)C)cc1)C(C)C. The zero-order valence-electron chi connectivity index (χ0n) is 16.6. The van der Waals surface area contributed by atoms with Crippen LogP contribution in [0.4, 0.5) is 0 Å². The van der Waals surface area contributed by atoms with Crippen LogP contribution in [0.1, 0.15) is 51.8 Å². The molecule has 0 saturated heterocycles. The maximum atomic E-state index is 12.2. The van der Waals surface area contributed by atoms with Crippen LogP contribution < -0.4 is 10.6 Å². The number of rotatable bonds is 7. The largest absolute Gasteiger partial charge is 0.358 e. The normalized spacial score (nSPS) is 12.8. The maximum Gasteiger partial charge on any atom is 0.239 e. The molecule has 0 aliphatic heterocycles. The Labute approximate surface area is 152 Å². The molecule has 5 heteroatoms. The molecule has 0 fully saturated rings. The Morgan fingerprint density at radius 2 is 1.68 bits per heavy atom. The molecule has 0 saturated carbocycles. The summed E-state index contributed by atoms with van der Waals surface area (Å²) in [5.41, 5.74) is 2.59. The van der Waals surface area contributed by atoms with Gasteiger partial charge >= 0.3 is 0 Å². The fourth-order valence-electron chi connectivity index (χ4n) is 2.64. The van der Waals surface area contributed by atoms with E-state index in [4.69, 9.17) is 0 Å². The summed E-state index contributed by atoms with van der Waals surface area (Å²) in [5, 5.41) is 5.87. The Hall–Kier alpha value is -1.88. The highest BCUT2D eigenvalue weighted by atomic mass is 16.2. The van der Waals surface area contributed by atoms with Crippen LogP contribution in [0.25, 0.3) is 0 Å². The number of carbonyl (C=O) groups is 2. The molecule has 0 spiro atoms. The third kappa shape index (κ3) is 6.50. The van der Waals surface area contributed by atoms with Crippen molar-refractivity contribution in [1.29, 1.82) is 0 Å². The van der Waals surface area contributed by atoms with Crippen molar-refractivity contribution in [3.63, 3.8) is 0 Å². The minimum Gasteiger partial charge on any atom is -0.358 e. The van der Waals surface area contributed by atoms with E-state index in [0.29, 0.717) is 5.92 Å². The van der Waals surface area contributed by atoms with E-state index >= 15 is 0 Å². The van der Waals surface area contributed by atoms with Crippen LogP contribution >= 0.6 is 0 Å². The second-order valence-corrected chi connectivity index (χ2v) is 7.90. The number of hydrogen-bond donors (Lipinski definition) is 2. The summed E-state index contributed by atoms with van der Waals surface area (Å²) in [6, 6.07) is 8.68. The van der Waals surface area contributed by atoms with Crippen LogP contribution in [0.15, 0.2) is 24.3 Å². The smallest absolute Gasteiger partial charge is 0.239 e. The molecule has 25 heavy (non-hydrogen) atoms. The fourth-order valence-corrected chi connectivity index (χ4v) is 2.64. The monoisotopic (exact) mass is 347 g/mol. The zero-order chi connectivity index (χ0) is 19.2. The summed E-state index contributed by atoms with van der Waals surface area (Å²) in [6.07, 6.45) is 0. The van der Waals surface area contributed by atoms with Crippen molar-refractivity contribution < 1.29 is 9.59 Å². The minimum atomic E-state index is -0.172. The molecule has 1 aromatic rings. The molecule has 0 heterocycles. The molecule has 140 valence electrons. The van der Waals surface area contributed by atoms with Gasteiger partial charge < -0.3 is 15.5 Å². The summed E-state index contributed by atoms with van der Waals surface area (Å²) in [6.45, 7) is 11.1. The van der Waals surface area contributed by atoms with Gasteiger partial charge in [0.25, 0.3) is 0 Å². The minimum absolute atomic E-state index is 0.0731. The second-order valence-electron chi connectivity index (χ2n) is 7.90. The molecule has 5 nitrogen and oxygen atoms in total. The molecular weight excluding hydrogens is 314 g/mol. The first kappa shape index (κ1) is 21.2. The average molecular weight is 348 g/mol. The Morgan fingerprint density at radius 1 is 1.12 bits per heavy atom. The number of nitrogens with zero attached hydrogens (tertiary/aromatic N) is 1. The van der Waals surface area contributed by atoms with Crippen LogP contribution in [0, 0.1) is 5.92 Å². The average Bonchev–Trinajstić information content (AvgIpc) is 2.53. The predicted octanol–water partition coefficient (Wildman–Crippen LogP) is 2.48. The van der Waals surface area contributed by atoms with Crippen LogP contribution in [0.3, 0.4) is 0 Å². The van der Waals surface area contributed by atoms with E-state index in [0.717, 1.165) is 0 Å². The van der Waals surface area contributed by atoms with Gasteiger partial charge in [-0.15, -0.1) is 0 Å². The first-order chi connectivity index (χ1) is 11.6. The van der Waals surface area contributed by atoms with Crippen LogP contribution in [0.2, 0.25) is 0 Å². The van der Waals surface area contributed by atoms with Gasteiger partial charge in [0.05, 0.1) is 13.1 Å². The predicted molar refractivity (Wildman–Crippen MR) is 102 cm³/mol. The lowest BCUT2D eigenvalue weighted by Crippen LogP contribution is -2.42. The Bertz CT molecular complexity index is 574. The van der Waals surface area contributed by atoms with Crippen LogP contribution in [0.5, 0.6) is 0 Å². The molecule has 2 N–H and O–H groups in total. The van der Waals surface area contributed by atoms with Gasteiger partial charge in [0.2, 0.25) is 11.8 Å². The zero-order valence-corrected chi connectivity index (χ0v) is 16.6. The number of carbonyl (C=O) groups excluding carboxylic acids is 2. The van der Waals surface area contributed by atoms with Gasteiger partial charge in [0, 0.05) is 20.1 Å². The molecule has 0 aromatic heterocycles. The number of benzene rings is 1. The van der Waals surface area contributed by atoms with E-state index in [2.05, 4.69) is 69.5 Å². The Morgan fingerprint density at radius 3 is 2.12 bits per heavy atom. The van der Waals surface area contributed by atoms with Gasteiger partial charge in [0.1, 0.15) is 0 Å². The quantitative estimate of drug-likeness (QED) is 0.796. The summed E-state index contributed by atoms with van der Waals surface area (Å²) in [7, 11) is 3.21. The topological polar surface area (TPSA) is 61.4 Å². The van der Waals surface area contributed by atoms with E-state index in [-0.39, 0.29) is 36.4 Å². The molecule has 1 atom stereocenters. The highest BCUT2D eigenvalue weighted by Crippen LogP contribution is 2.26. The van der Waals surface area contributed by atoms with Crippen molar-refractivity contribution in [1.82, 2.24) is 15.5 Å². The van der Waals surface area contributed by atoms with E-state index in [1.807, 2.05) is 0 Å². The van der Waals surface area contributed by atoms with Gasteiger partial charge in [-0.1, -0.05) is 58.9 Å². The first-order valence-electron chi connectivity index (χ1n) is 8.84. The van der Waals surface area contributed by atoms with Crippen molar-refractivity contribution >= 4 is 11.8 Å². The van der Waals surface area contributed by atoms with Gasteiger partial charge in [-0.3, -0.25) is 9.59 Å². The lowest BCUT2D eigenvalue weighted by Gasteiger charge is -2.26. The Balaban J connectivity index is 2.75. The van der Waals surface area contributed by atoms with Crippen molar-refractivity contribution in [3.8, 4) is 0 Å². The van der Waals surface area contributed by atoms with Crippen molar-refractivity contribution in [2.45, 2.75) is 46.1 Å². The van der Waals surface area contributed by atoms with Crippen molar-refractivity contribution in [3.05, 3.63) is 35.4 Å². The van der Waals surface area contributed by atoms with Crippen molar-refractivity contribution in [2.24, 2.45) is 5.92 Å². The van der Waals surface area contributed by atoms with Gasteiger partial charge in [-0.05, 0) is 22.5 Å². The van der Waals surface area contributed by atoms with E-state index in [1.165, 1.54) is 16.0 Å². The number of likely N-dealkylation sites (N-methyl/N-ethyl adjacent to an activating group) is 2. The first-order valence-corrected chi connectivity index (χ1v) is 8.84. The van der Waals surface area contributed by atoms with Gasteiger partial charge in [-0.2, -0.15) is 0 Å². The lowest BCUT2D eigenvalue weighted by atomic mass is 9.85. The number of amides is 2. The van der Waals surface area contributed by atoms with E-state index in [9.17, 15) is 9.59 Å². The van der Waals surface area contributed by atoms with E-state index in [1.54, 1.807) is 14.1 Å². The molecule has 0 unspecified atom stereocenters. The highest BCUT2D eigenvalue weighted by molar-refractivity contribution is 5.85. The van der Waals surface area contributed by atoms with Gasteiger partial charge in [-0.25, -0.2) is 0 Å². The molecule has 0 aliphatic carbocycles. The highest BCUT2D eigenvalue weighted by Gasteiger charge is 2.20. The molecule has 2 amide bonds. The fraction of sp³-hybridized carbons (Fsp3) is 0.600. The summed E-state index contributed by atoms with van der Waals surface area (Å²) in [4.78, 5) is 25.0. The van der Waals surface area contributed by atoms with Crippen LogP contribution in [-0.2, 0) is 15.0 Å². The third-order valence-corrected chi connectivity index (χ3v) is 4.36. The molecule has 0 aliphatic rings. The molecule has 0 bridgehead atoms. The standard InChI is InChI=1S/C20H33N3O2/c1-14(2)19(15-8-10-16(11-9-15)20(3,4)5)22-12-18(25)23(7)13-17(24)21-6/h8-11,14,19,22H,12-13H2,1-7H3,(H,21,24)/t19-/m1/s1. The summed E-state index contributed by atoms with van der Waals surface area (Å²) in [5.74, 6) is 0.0760. The molecule has 1 aromatic carbocycles. The molecule has 1 rings (SSSR count). The molecule has 0 radical (unpaired) electrons. The summed E-state index contributed by atoms with van der Waals surface area (Å²) >= 11 is 0. The van der Waals surface area contributed by atoms with E-state index < -0.39 is 0 Å². The number of nitrogens with one attached hydrogen (secondary N) is 2. The molecular formula is C20H33N3O2.